The van der Waals surface area contributed by atoms with E-state index in [4.69, 9.17) is 12.2 Å². The molecule has 4 nitrogen and oxygen atoms in total. The highest BCUT2D eigenvalue weighted by atomic mass is 32.1. The minimum absolute atomic E-state index is 0.478. The lowest BCUT2D eigenvalue weighted by atomic mass is 10.2. The lowest BCUT2D eigenvalue weighted by Crippen LogP contribution is -1.94. The molecule has 1 N–H and O–H groups in total. The van der Waals surface area contributed by atoms with Crippen molar-refractivity contribution in [2.24, 2.45) is 5.10 Å². The summed E-state index contributed by atoms with van der Waals surface area (Å²) in [4.78, 5) is 1.07. The van der Waals surface area contributed by atoms with Gasteiger partial charge in [-0.05, 0) is 23.7 Å². The molecule has 0 radical (unpaired) electrons. The van der Waals surface area contributed by atoms with E-state index in [2.05, 4.69) is 15.3 Å². The van der Waals surface area contributed by atoms with Crippen LogP contribution in [0.1, 0.15) is 4.88 Å². The summed E-state index contributed by atoms with van der Waals surface area (Å²) in [5, 5.41) is 13.4. The standard InChI is InChI=1S/C13H10N4S2/c18-13-16-15-12(10-5-2-1-3-6-10)17(13)14-9-11-7-4-8-19-11/h1-9H,(H,16,18)/b14-9-. The number of thiophene rings is 1. The van der Waals surface area contributed by atoms with Crippen molar-refractivity contribution < 1.29 is 0 Å². The molecule has 2 aromatic heterocycles. The minimum atomic E-state index is 0.478. The van der Waals surface area contributed by atoms with E-state index in [1.54, 1.807) is 22.2 Å². The molecule has 0 amide bonds. The number of benzene rings is 1. The van der Waals surface area contributed by atoms with Crippen molar-refractivity contribution in [2.45, 2.75) is 0 Å². The lowest BCUT2D eigenvalue weighted by Gasteiger charge is -1.99. The van der Waals surface area contributed by atoms with E-state index >= 15 is 0 Å². The first-order chi connectivity index (χ1) is 9.34. The summed E-state index contributed by atoms with van der Waals surface area (Å²) in [7, 11) is 0. The highest BCUT2D eigenvalue weighted by Crippen LogP contribution is 2.16. The van der Waals surface area contributed by atoms with E-state index in [9.17, 15) is 0 Å². The van der Waals surface area contributed by atoms with E-state index in [-0.39, 0.29) is 0 Å². The third-order valence-electron chi connectivity index (χ3n) is 2.53. The zero-order valence-electron chi connectivity index (χ0n) is 9.85. The maximum absolute atomic E-state index is 5.20. The zero-order valence-corrected chi connectivity index (χ0v) is 11.5. The van der Waals surface area contributed by atoms with Gasteiger partial charge in [-0.1, -0.05) is 36.4 Å². The number of aromatic amines is 1. The van der Waals surface area contributed by atoms with Crippen LogP contribution in [0.4, 0.5) is 0 Å². The SMILES string of the molecule is S=c1[nH]nc(-c2ccccc2)n1/N=C\c1cccs1. The van der Waals surface area contributed by atoms with Crippen molar-refractivity contribution >= 4 is 29.8 Å². The summed E-state index contributed by atoms with van der Waals surface area (Å²) in [6, 6.07) is 13.8. The molecule has 0 fully saturated rings. The van der Waals surface area contributed by atoms with Crippen LogP contribution in [0.2, 0.25) is 0 Å². The third kappa shape index (κ3) is 2.54. The average Bonchev–Trinajstić information content (AvgIpc) is 3.07. The minimum Gasteiger partial charge on any atom is -0.250 e. The van der Waals surface area contributed by atoms with Crippen molar-refractivity contribution in [3.63, 3.8) is 0 Å². The van der Waals surface area contributed by atoms with Crippen molar-refractivity contribution in [3.8, 4) is 11.4 Å². The molecular formula is C13H10N4S2. The van der Waals surface area contributed by atoms with Crippen molar-refractivity contribution in [1.29, 1.82) is 0 Å². The van der Waals surface area contributed by atoms with E-state index < -0.39 is 0 Å². The first-order valence-corrected chi connectivity index (χ1v) is 6.94. The summed E-state index contributed by atoms with van der Waals surface area (Å²) in [6.45, 7) is 0. The van der Waals surface area contributed by atoms with Gasteiger partial charge >= 0.3 is 0 Å². The molecule has 3 aromatic rings. The summed E-state index contributed by atoms with van der Waals surface area (Å²) in [5.74, 6) is 0.707. The first kappa shape index (κ1) is 12.0. The molecule has 3 rings (SSSR count). The number of H-pyrrole nitrogens is 1. The Bertz CT molecular complexity index is 739. The van der Waals surface area contributed by atoms with Gasteiger partial charge < -0.3 is 0 Å². The molecule has 0 saturated heterocycles. The fourth-order valence-electron chi connectivity index (χ4n) is 1.65. The largest absolute Gasteiger partial charge is 0.250 e. The molecule has 1 aromatic carbocycles. The second-order valence-electron chi connectivity index (χ2n) is 3.79. The van der Waals surface area contributed by atoms with Crippen LogP contribution in [0.3, 0.4) is 0 Å². The molecule has 0 saturated carbocycles. The highest BCUT2D eigenvalue weighted by Gasteiger charge is 2.06. The van der Waals surface area contributed by atoms with E-state index in [0.29, 0.717) is 10.6 Å². The second-order valence-corrected chi connectivity index (χ2v) is 5.16. The number of rotatable bonds is 3. The number of hydrogen-bond acceptors (Lipinski definition) is 4. The van der Waals surface area contributed by atoms with Crippen LogP contribution in [0, 0.1) is 4.77 Å². The van der Waals surface area contributed by atoms with E-state index in [1.807, 2.05) is 47.8 Å². The van der Waals surface area contributed by atoms with Crippen molar-refractivity contribution in [2.75, 3.05) is 0 Å². The molecular weight excluding hydrogens is 276 g/mol. The Morgan fingerprint density at radius 1 is 1.21 bits per heavy atom. The Labute approximate surface area is 119 Å². The maximum Gasteiger partial charge on any atom is 0.216 e. The summed E-state index contributed by atoms with van der Waals surface area (Å²) >= 11 is 6.83. The smallest absolute Gasteiger partial charge is 0.216 e. The molecule has 0 aliphatic rings. The van der Waals surface area contributed by atoms with Crippen LogP contribution in [-0.4, -0.2) is 21.1 Å². The number of nitrogens with one attached hydrogen (secondary N) is 1. The molecule has 0 aliphatic heterocycles. The zero-order chi connectivity index (χ0) is 13.1. The van der Waals surface area contributed by atoms with Gasteiger partial charge in [0.15, 0.2) is 5.82 Å². The fourth-order valence-corrected chi connectivity index (χ4v) is 2.41. The van der Waals surface area contributed by atoms with Gasteiger partial charge in [0.05, 0.1) is 6.21 Å². The Hall–Kier alpha value is -2.05. The molecule has 2 heterocycles. The topological polar surface area (TPSA) is 46.0 Å². The molecule has 0 aliphatic carbocycles. The van der Waals surface area contributed by atoms with Crippen LogP contribution in [0.15, 0.2) is 52.9 Å². The molecule has 94 valence electrons. The Balaban J connectivity index is 2.02. The van der Waals surface area contributed by atoms with Crippen LogP contribution in [0.25, 0.3) is 11.4 Å². The van der Waals surface area contributed by atoms with Gasteiger partial charge in [-0.3, -0.25) is 0 Å². The van der Waals surface area contributed by atoms with Crippen molar-refractivity contribution in [3.05, 3.63) is 57.5 Å². The predicted molar refractivity (Wildman–Crippen MR) is 80.2 cm³/mol. The Kier molecular flexibility index (Phi) is 3.35. The molecule has 0 spiro atoms. The summed E-state index contributed by atoms with van der Waals surface area (Å²) < 4.78 is 2.11. The van der Waals surface area contributed by atoms with Gasteiger partial charge in [0.2, 0.25) is 4.77 Å². The van der Waals surface area contributed by atoms with Crippen LogP contribution in [0.5, 0.6) is 0 Å². The summed E-state index contributed by atoms with van der Waals surface area (Å²) in [6.07, 6.45) is 1.78. The average molecular weight is 286 g/mol. The maximum atomic E-state index is 5.20. The molecule has 6 heteroatoms. The van der Waals surface area contributed by atoms with Gasteiger partial charge in [-0.15, -0.1) is 11.3 Å². The molecule has 19 heavy (non-hydrogen) atoms. The first-order valence-electron chi connectivity index (χ1n) is 5.65. The number of nitrogens with zero attached hydrogens (tertiary/aromatic N) is 3. The summed E-state index contributed by atoms with van der Waals surface area (Å²) in [5.41, 5.74) is 0.971. The number of aromatic nitrogens is 3. The Morgan fingerprint density at radius 3 is 2.79 bits per heavy atom. The predicted octanol–water partition coefficient (Wildman–Crippen LogP) is 3.55. The van der Waals surface area contributed by atoms with Gasteiger partial charge in [-0.25, -0.2) is 5.10 Å². The van der Waals surface area contributed by atoms with E-state index in [1.165, 1.54) is 0 Å². The Morgan fingerprint density at radius 2 is 2.05 bits per heavy atom. The second kappa shape index (κ2) is 5.29. The van der Waals surface area contributed by atoms with Crippen molar-refractivity contribution in [1.82, 2.24) is 14.9 Å². The van der Waals surface area contributed by atoms with Gasteiger partial charge in [0, 0.05) is 10.4 Å². The molecule has 0 bridgehead atoms. The van der Waals surface area contributed by atoms with Crippen LogP contribution < -0.4 is 0 Å². The lowest BCUT2D eigenvalue weighted by molar-refractivity contribution is 0.872. The normalized spacial score (nSPS) is 11.2. The van der Waals surface area contributed by atoms with Gasteiger partial charge in [0.25, 0.3) is 0 Å². The quantitative estimate of drug-likeness (QED) is 0.591. The molecule has 0 unspecified atom stereocenters. The monoisotopic (exact) mass is 286 g/mol. The van der Waals surface area contributed by atoms with Crippen LogP contribution >= 0.6 is 23.6 Å². The molecule has 0 atom stereocenters. The van der Waals surface area contributed by atoms with Gasteiger partial charge in [0.1, 0.15) is 0 Å². The van der Waals surface area contributed by atoms with E-state index in [0.717, 1.165) is 10.4 Å². The number of hydrogen-bond donors (Lipinski definition) is 1. The highest BCUT2D eigenvalue weighted by molar-refractivity contribution is 7.71. The fraction of sp³-hybridized carbons (Fsp3) is 0. The third-order valence-corrected chi connectivity index (χ3v) is 3.60. The van der Waals surface area contributed by atoms with Crippen LogP contribution in [-0.2, 0) is 0 Å². The van der Waals surface area contributed by atoms with Gasteiger partial charge in [-0.2, -0.15) is 14.9 Å².